The van der Waals surface area contributed by atoms with E-state index >= 15 is 0 Å². The fraction of sp³-hybridized carbons (Fsp3) is 0.143. The van der Waals surface area contributed by atoms with Crippen LogP contribution in [0.1, 0.15) is 5.56 Å². The second-order valence-electron chi connectivity index (χ2n) is 2.53. The molecule has 0 saturated carbocycles. The van der Waals surface area contributed by atoms with Crippen LogP contribution in [0.25, 0.3) is 0 Å². The lowest BCUT2D eigenvalue weighted by molar-refractivity contribution is 0.584. The number of rotatable bonds is 2. The molecule has 0 unspecified atom stereocenters. The molecule has 0 fully saturated rings. The maximum Gasteiger partial charge on any atom is 0.253 e. The summed E-state index contributed by atoms with van der Waals surface area (Å²) in [6, 6.07) is 4.70. The van der Waals surface area contributed by atoms with Gasteiger partial charge in [-0.25, -0.2) is 8.42 Å². The van der Waals surface area contributed by atoms with Gasteiger partial charge in [-0.15, -0.1) is 0 Å². The van der Waals surface area contributed by atoms with Gasteiger partial charge >= 0.3 is 0 Å². The standard InChI is InChI=1S/C7H9BrN2O2S/c1-5-2-3-6(4-7(5)8)13(11,12)10-9/h2-4,10H,9H2,1H3. The number of halogens is 1. The molecule has 0 aliphatic carbocycles. The van der Waals surface area contributed by atoms with Crippen molar-refractivity contribution < 1.29 is 8.42 Å². The zero-order valence-corrected chi connectivity index (χ0v) is 9.31. The Morgan fingerprint density at radius 1 is 1.46 bits per heavy atom. The van der Waals surface area contributed by atoms with E-state index in [-0.39, 0.29) is 4.90 Å². The second kappa shape index (κ2) is 3.75. The van der Waals surface area contributed by atoms with E-state index in [2.05, 4.69) is 15.9 Å². The van der Waals surface area contributed by atoms with Crippen molar-refractivity contribution in [2.45, 2.75) is 11.8 Å². The monoisotopic (exact) mass is 264 g/mol. The average molecular weight is 265 g/mol. The third kappa shape index (κ3) is 2.28. The van der Waals surface area contributed by atoms with Crippen LogP contribution in [0.15, 0.2) is 27.6 Å². The first-order chi connectivity index (χ1) is 5.97. The number of benzene rings is 1. The molecule has 4 nitrogen and oxygen atoms in total. The Hall–Kier alpha value is -0.430. The second-order valence-corrected chi connectivity index (χ2v) is 5.10. The summed E-state index contributed by atoms with van der Waals surface area (Å²) in [7, 11) is -3.54. The Labute approximate surface area is 85.3 Å². The van der Waals surface area contributed by atoms with Crippen molar-refractivity contribution in [2.24, 2.45) is 5.84 Å². The lowest BCUT2D eigenvalue weighted by atomic mass is 10.2. The van der Waals surface area contributed by atoms with E-state index in [0.29, 0.717) is 0 Å². The molecule has 0 bridgehead atoms. The molecule has 0 heterocycles. The predicted octanol–water partition coefficient (Wildman–Crippen LogP) is 0.910. The molecule has 0 saturated heterocycles. The van der Waals surface area contributed by atoms with Gasteiger partial charge in [0.05, 0.1) is 4.90 Å². The van der Waals surface area contributed by atoms with Gasteiger partial charge in [0, 0.05) is 4.47 Å². The largest absolute Gasteiger partial charge is 0.257 e. The normalized spacial score (nSPS) is 11.6. The molecule has 1 aromatic rings. The topological polar surface area (TPSA) is 72.2 Å². The van der Waals surface area contributed by atoms with Crippen LogP contribution >= 0.6 is 15.9 Å². The van der Waals surface area contributed by atoms with Crippen LogP contribution in [0.2, 0.25) is 0 Å². The average Bonchev–Trinajstić information content (AvgIpc) is 2.09. The Balaban J connectivity index is 3.27. The fourth-order valence-electron chi connectivity index (χ4n) is 0.809. The van der Waals surface area contributed by atoms with E-state index in [1.165, 1.54) is 12.1 Å². The van der Waals surface area contributed by atoms with Crippen molar-refractivity contribution in [3.63, 3.8) is 0 Å². The van der Waals surface area contributed by atoms with E-state index in [9.17, 15) is 8.42 Å². The summed E-state index contributed by atoms with van der Waals surface area (Å²) < 4.78 is 23.2. The summed E-state index contributed by atoms with van der Waals surface area (Å²) in [4.78, 5) is 1.90. The number of sulfonamides is 1. The first-order valence-corrected chi connectivity index (χ1v) is 5.73. The van der Waals surface area contributed by atoms with Gasteiger partial charge in [0.15, 0.2) is 0 Å². The van der Waals surface area contributed by atoms with Gasteiger partial charge in [-0.2, -0.15) is 4.83 Å². The Morgan fingerprint density at radius 2 is 2.08 bits per heavy atom. The molecule has 0 amide bonds. The Morgan fingerprint density at radius 3 is 2.54 bits per heavy atom. The molecule has 0 aromatic heterocycles. The number of hydrogen-bond donors (Lipinski definition) is 2. The van der Waals surface area contributed by atoms with Crippen LogP contribution in [0.5, 0.6) is 0 Å². The van der Waals surface area contributed by atoms with Gasteiger partial charge in [0.25, 0.3) is 10.0 Å². The van der Waals surface area contributed by atoms with Crippen LogP contribution in [0, 0.1) is 6.92 Å². The number of hydrazine groups is 1. The summed E-state index contributed by atoms with van der Waals surface area (Å²) >= 11 is 3.23. The molecule has 13 heavy (non-hydrogen) atoms. The summed E-state index contributed by atoms with van der Waals surface area (Å²) in [5.41, 5.74) is 0.968. The van der Waals surface area contributed by atoms with E-state index < -0.39 is 10.0 Å². The predicted molar refractivity (Wildman–Crippen MR) is 53.4 cm³/mol. The molecule has 0 atom stereocenters. The van der Waals surface area contributed by atoms with Crippen molar-refractivity contribution in [1.29, 1.82) is 0 Å². The highest BCUT2D eigenvalue weighted by molar-refractivity contribution is 9.10. The van der Waals surface area contributed by atoms with Gasteiger partial charge in [0.1, 0.15) is 0 Å². The fourth-order valence-corrected chi connectivity index (χ4v) is 2.00. The van der Waals surface area contributed by atoms with Crippen molar-refractivity contribution >= 4 is 26.0 Å². The minimum Gasteiger partial charge on any atom is -0.257 e. The minimum absolute atomic E-state index is 0.146. The van der Waals surface area contributed by atoms with Crippen LogP contribution < -0.4 is 10.7 Å². The zero-order chi connectivity index (χ0) is 10.1. The summed E-state index contributed by atoms with van der Waals surface area (Å²) in [5.74, 6) is 4.87. The van der Waals surface area contributed by atoms with E-state index in [1.807, 2.05) is 6.92 Å². The number of nitrogens with two attached hydrogens (primary N) is 1. The van der Waals surface area contributed by atoms with E-state index in [1.54, 1.807) is 10.9 Å². The minimum atomic E-state index is -3.54. The van der Waals surface area contributed by atoms with Crippen LogP contribution in [0.4, 0.5) is 0 Å². The smallest absolute Gasteiger partial charge is 0.253 e. The maximum atomic E-state index is 11.2. The Kier molecular flexibility index (Phi) is 3.07. The van der Waals surface area contributed by atoms with Crippen LogP contribution in [0.3, 0.4) is 0 Å². The summed E-state index contributed by atoms with van der Waals surface area (Å²) in [5, 5.41) is 0. The van der Waals surface area contributed by atoms with Crippen LogP contribution in [-0.4, -0.2) is 8.42 Å². The van der Waals surface area contributed by atoms with Crippen molar-refractivity contribution in [3.8, 4) is 0 Å². The molecule has 0 spiro atoms. The highest BCUT2D eigenvalue weighted by Gasteiger charge is 2.11. The highest BCUT2D eigenvalue weighted by Crippen LogP contribution is 2.19. The van der Waals surface area contributed by atoms with Gasteiger partial charge < -0.3 is 0 Å². The molecule has 1 rings (SSSR count). The highest BCUT2D eigenvalue weighted by atomic mass is 79.9. The molecule has 72 valence electrons. The first kappa shape index (κ1) is 10.6. The zero-order valence-electron chi connectivity index (χ0n) is 6.91. The third-order valence-corrected chi connectivity index (χ3v) is 3.65. The quantitative estimate of drug-likeness (QED) is 0.616. The van der Waals surface area contributed by atoms with E-state index in [0.717, 1.165) is 10.0 Å². The molecule has 1 aromatic carbocycles. The van der Waals surface area contributed by atoms with Gasteiger partial charge in [-0.3, -0.25) is 5.84 Å². The van der Waals surface area contributed by atoms with Gasteiger partial charge in [-0.1, -0.05) is 22.0 Å². The molecule has 0 radical (unpaired) electrons. The summed E-state index contributed by atoms with van der Waals surface area (Å²) in [6.45, 7) is 1.87. The number of aryl methyl sites for hydroxylation is 1. The lowest BCUT2D eigenvalue weighted by Crippen LogP contribution is -2.30. The van der Waals surface area contributed by atoms with Gasteiger partial charge in [-0.05, 0) is 24.6 Å². The molecule has 0 aliphatic rings. The molecular formula is C7H9BrN2O2S. The Bertz CT molecular complexity index is 417. The van der Waals surface area contributed by atoms with Crippen LogP contribution in [-0.2, 0) is 10.0 Å². The van der Waals surface area contributed by atoms with E-state index in [4.69, 9.17) is 5.84 Å². The van der Waals surface area contributed by atoms with Gasteiger partial charge in [0.2, 0.25) is 0 Å². The molecular weight excluding hydrogens is 256 g/mol. The first-order valence-electron chi connectivity index (χ1n) is 3.46. The number of nitrogens with one attached hydrogen (secondary N) is 1. The molecule has 3 N–H and O–H groups in total. The van der Waals surface area contributed by atoms with Crippen molar-refractivity contribution in [2.75, 3.05) is 0 Å². The molecule has 0 aliphatic heterocycles. The summed E-state index contributed by atoms with van der Waals surface area (Å²) in [6.07, 6.45) is 0. The lowest BCUT2D eigenvalue weighted by Gasteiger charge is -2.03. The SMILES string of the molecule is Cc1ccc(S(=O)(=O)NN)cc1Br. The molecule has 6 heteroatoms. The van der Waals surface area contributed by atoms with Crippen molar-refractivity contribution in [1.82, 2.24) is 4.83 Å². The van der Waals surface area contributed by atoms with Crippen molar-refractivity contribution in [3.05, 3.63) is 28.2 Å². The maximum absolute atomic E-state index is 11.2. The number of hydrogen-bond acceptors (Lipinski definition) is 3. The third-order valence-electron chi connectivity index (χ3n) is 1.61.